The highest BCUT2D eigenvalue weighted by molar-refractivity contribution is 6.06. The van der Waals surface area contributed by atoms with E-state index in [-0.39, 0.29) is 0 Å². The van der Waals surface area contributed by atoms with Gasteiger partial charge in [0, 0.05) is 5.39 Å². The van der Waals surface area contributed by atoms with E-state index in [1.54, 1.807) is 0 Å². The fraction of sp³-hybridized carbons (Fsp3) is 0.0833. The summed E-state index contributed by atoms with van der Waals surface area (Å²) in [7, 11) is 0. The lowest BCUT2D eigenvalue weighted by molar-refractivity contribution is -0.140. The molecule has 0 amide bonds. The summed E-state index contributed by atoms with van der Waals surface area (Å²) in [4.78, 5) is 10.9. The van der Waals surface area contributed by atoms with Gasteiger partial charge in [-0.1, -0.05) is 0 Å². The van der Waals surface area contributed by atoms with Gasteiger partial charge in [-0.05, 0) is 0 Å². The number of hydrogen-bond acceptors (Lipinski definition) is 1. The minimum atomic E-state index is -5.83. The van der Waals surface area contributed by atoms with Crippen LogP contribution in [-0.4, -0.2) is 11.1 Å². The second-order valence-electron chi connectivity index (χ2n) is 4.19. The lowest BCUT2D eigenvalue weighted by Crippen LogP contribution is -2.19. The maximum Gasteiger partial charge on any atom is 0.420 e. The molecule has 0 aromatic heterocycles. The van der Waals surface area contributed by atoms with Gasteiger partial charge in [-0.25, -0.2) is 31.1 Å². The Morgan fingerprint density at radius 2 is 1.09 bits per heavy atom. The molecule has 0 aliphatic rings. The Morgan fingerprint density at radius 1 is 0.696 bits per heavy atom. The molecule has 23 heavy (non-hydrogen) atoms. The molecule has 0 spiro atoms. The first-order chi connectivity index (χ1) is 10.4. The molecule has 2 aromatic carbocycles. The molecule has 2 aromatic rings. The number of rotatable bonds is 1. The predicted octanol–water partition coefficient (Wildman–Crippen LogP) is 4.39. The standard InChI is InChI=1S/C12HF9O2/c13-5-1-2(11(22)23)4(12(19,20)21)8(16)6(14)3(1)7(15)10(18)9(5)17/h(H,22,23). The van der Waals surface area contributed by atoms with Crippen LogP contribution in [0.1, 0.15) is 15.9 Å². The van der Waals surface area contributed by atoms with Crippen molar-refractivity contribution in [3.05, 3.63) is 46.0 Å². The minimum Gasteiger partial charge on any atom is -0.478 e. The molecule has 1 N–H and O–H groups in total. The Labute approximate surface area is 119 Å². The minimum absolute atomic E-state index is 2.07. The zero-order chi connectivity index (χ0) is 17.9. The second-order valence-corrected chi connectivity index (χ2v) is 4.19. The third-order valence-electron chi connectivity index (χ3n) is 2.90. The summed E-state index contributed by atoms with van der Waals surface area (Å²) in [5, 5.41) is 4.57. The summed E-state index contributed by atoms with van der Waals surface area (Å²) in [6.07, 6.45) is -5.83. The van der Waals surface area contributed by atoms with Gasteiger partial charge in [-0.15, -0.1) is 0 Å². The molecule has 11 heteroatoms. The summed E-state index contributed by atoms with van der Waals surface area (Å²) in [6, 6.07) is 0. The number of benzene rings is 2. The summed E-state index contributed by atoms with van der Waals surface area (Å²) < 4.78 is 119. The number of fused-ring (bicyclic) bond motifs is 1. The van der Waals surface area contributed by atoms with E-state index in [0.29, 0.717) is 0 Å². The van der Waals surface area contributed by atoms with Gasteiger partial charge in [0.05, 0.1) is 10.9 Å². The number of alkyl halides is 3. The Hall–Kier alpha value is -2.46. The van der Waals surface area contributed by atoms with Crippen molar-refractivity contribution in [2.45, 2.75) is 6.18 Å². The van der Waals surface area contributed by atoms with E-state index in [0.717, 1.165) is 0 Å². The van der Waals surface area contributed by atoms with Crippen LogP contribution in [0.15, 0.2) is 0 Å². The van der Waals surface area contributed by atoms with E-state index in [9.17, 15) is 44.3 Å². The maximum absolute atomic E-state index is 13.6. The normalized spacial score (nSPS) is 12.0. The van der Waals surface area contributed by atoms with Crippen LogP contribution in [0.4, 0.5) is 39.5 Å². The number of aromatic carboxylic acids is 1. The second kappa shape index (κ2) is 5.03. The van der Waals surface area contributed by atoms with Crippen LogP contribution in [-0.2, 0) is 6.18 Å². The van der Waals surface area contributed by atoms with Crippen molar-refractivity contribution in [2.24, 2.45) is 0 Å². The fourth-order valence-electron chi connectivity index (χ4n) is 2.01. The number of hydrogen-bond donors (Lipinski definition) is 1. The highest BCUT2D eigenvalue weighted by Crippen LogP contribution is 2.41. The number of carboxylic acids is 1. The Morgan fingerprint density at radius 3 is 1.48 bits per heavy atom. The molecule has 0 heterocycles. The Balaban J connectivity index is 3.31. The highest BCUT2D eigenvalue weighted by atomic mass is 19.4. The van der Waals surface area contributed by atoms with Crippen LogP contribution in [0.5, 0.6) is 0 Å². The molecule has 0 atom stereocenters. The number of carboxylic acid groups (broad SMARTS) is 1. The molecule has 0 radical (unpaired) electrons. The zero-order valence-electron chi connectivity index (χ0n) is 10.3. The van der Waals surface area contributed by atoms with E-state index in [1.807, 2.05) is 0 Å². The van der Waals surface area contributed by atoms with Crippen LogP contribution >= 0.6 is 0 Å². The summed E-state index contributed by atoms with van der Waals surface area (Å²) in [5.74, 6) is -18.7. The Bertz CT molecular complexity index is 855. The third-order valence-corrected chi connectivity index (χ3v) is 2.90. The van der Waals surface area contributed by atoms with Gasteiger partial charge >= 0.3 is 12.1 Å². The summed E-state index contributed by atoms with van der Waals surface area (Å²) >= 11 is 0. The van der Waals surface area contributed by atoms with E-state index < -0.39 is 68.9 Å². The molecule has 2 nitrogen and oxygen atoms in total. The molecule has 0 fully saturated rings. The molecule has 124 valence electrons. The average molecular weight is 348 g/mol. The molecular weight excluding hydrogens is 347 g/mol. The quantitative estimate of drug-likeness (QED) is 0.472. The van der Waals surface area contributed by atoms with E-state index in [1.165, 1.54) is 0 Å². The van der Waals surface area contributed by atoms with Gasteiger partial charge in [0.25, 0.3) is 0 Å². The first kappa shape index (κ1) is 16.9. The lowest BCUT2D eigenvalue weighted by Gasteiger charge is -2.16. The van der Waals surface area contributed by atoms with Crippen molar-refractivity contribution in [1.82, 2.24) is 0 Å². The van der Waals surface area contributed by atoms with E-state index in [2.05, 4.69) is 0 Å². The first-order valence-electron chi connectivity index (χ1n) is 5.38. The molecule has 2 rings (SSSR count). The monoisotopic (exact) mass is 348 g/mol. The smallest absolute Gasteiger partial charge is 0.420 e. The third kappa shape index (κ3) is 2.26. The molecule has 0 saturated heterocycles. The van der Waals surface area contributed by atoms with E-state index >= 15 is 0 Å². The molecule has 0 saturated carbocycles. The Kier molecular flexibility index (Phi) is 3.70. The zero-order valence-corrected chi connectivity index (χ0v) is 10.3. The van der Waals surface area contributed by atoms with Gasteiger partial charge in [0.1, 0.15) is 5.56 Å². The number of halogens is 9. The van der Waals surface area contributed by atoms with Crippen molar-refractivity contribution in [2.75, 3.05) is 0 Å². The topological polar surface area (TPSA) is 37.3 Å². The van der Waals surface area contributed by atoms with Gasteiger partial charge in [0.2, 0.25) is 0 Å². The van der Waals surface area contributed by atoms with Gasteiger partial charge in [0.15, 0.2) is 34.9 Å². The fourth-order valence-corrected chi connectivity index (χ4v) is 2.01. The molecule has 0 unspecified atom stereocenters. The highest BCUT2D eigenvalue weighted by Gasteiger charge is 2.44. The van der Waals surface area contributed by atoms with Gasteiger partial charge in [-0.3, -0.25) is 0 Å². The molecule has 0 aliphatic heterocycles. The van der Waals surface area contributed by atoms with Crippen molar-refractivity contribution in [1.29, 1.82) is 0 Å². The van der Waals surface area contributed by atoms with Crippen molar-refractivity contribution >= 4 is 16.7 Å². The van der Waals surface area contributed by atoms with E-state index in [4.69, 9.17) is 5.11 Å². The van der Waals surface area contributed by atoms with Crippen LogP contribution in [0.2, 0.25) is 0 Å². The molecule has 0 bridgehead atoms. The molecule has 0 aliphatic carbocycles. The largest absolute Gasteiger partial charge is 0.478 e. The SMILES string of the molecule is O=C(O)c1c(C(F)(F)F)c(F)c(F)c2c(F)c(F)c(F)c(F)c12. The number of carbonyl (C=O) groups is 1. The summed E-state index contributed by atoms with van der Waals surface area (Å²) in [5.41, 5.74) is -5.05. The first-order valence-corrected chi connectivity index (χ1v) is 5.38. The van der Waals surface area contributed by atoms with Crippen LogP contribution < -0.4 is 0 Å². The maximum atomic E-state index is 13.6. The predicted molar refractivity (Wildman–Crippen MR) is 55.7 cm³/mol. The lowest BCUT2D eigenvalue weighted by atomic mass is 9.96. The summed E-state index contributed by atoms with van der Waals surface area (Å²) in [6.45, 7) is 0. The molecular formula is C12HF9O2. The van der Waals surface area contributed by atoms with Gasteiger partial charge in [-0.2, -0.15) is 13.2 Å². The van der Waals surface area contributed by atoms with Gasteiger partial charge < -0.3 is 5.11 Å². The van der Waals surface area contributed by atoms with Crippen molar-refractivity contribution < 1.29 is 49.4 Å². The van der Waals surface area contributed by atoms with Crippen LogP contribution in [0, 0.1) is 34.9 Å². The van der Waals surface area contributed by atoms with Crippen LogP contribution in [0.25, 0.3) is 10.8 Å². The van der Waals surface area contributed by atoms with Crippen molar-refractivity contribution in [3.63, 3.8) is 0 Å². The van der Waals surface area contributed by atoms with Crippen LogP contribution in [0.3, 0.4) is 0 Å². The van der Waals surface area contributed by atoms with Crippen molar-refractivity contribution in [3.8, 4) is 0 Å². The average Bonchev–Trinajstić information content (AvgIpc) is 2.43.